The summed E-state index contributed by atoms with van der Waals surface area (Å²) in [5.41, 5.74) is 0.282. The summed E-state index contributed by atoms with van der Waals surface area (Å²) in [6.45, 7) is 0.0704. The summed E-state index contributed by atoms with van der Waals surface area (Å²) in [5, 5.41) is 0.501. The van der Waals surface area contributed by atoms with Crippen LogP contribution in [-0.2, 0) is 6.54 Å². The number of benzene rings is 2. The molecule has 0 aliphatic rings. The Kier molecular flexibility index (Phi) is 4.63. The number of anilines is 1. The third-order valence-corrected chi connectivity index (χ3v) is 5.23. The Morgan fingerprint density at radius 2 is 2.00 bits per heavy atom. The topological polar surface area (TPSA) is 46.3 Å². The van der Waals surface area contributed by atoms with Crippen LogP contribution in [0.25, 0.3) is 10.2 Å². The number of thiazole rings is 1. The van der Waals surface area contributed by atoms with Gasteiger partial charge in [0.05, 0.1) is 28.1 Å². The number of fused-ring (bicyclic) bond motifs is 1. The first-order chi connectivity index (χ1) is 13.0. The number of hydrogen-bond acceptors (Lipinski definition) is 4. The highest BCUT2D eigenvalue weighted by Gasteiger charge is 2.25. The van der Waals surface area contributed by atoms with Crippen LogP contribution in [-0.4, -0.2) is 10.9 Å². The Morgan fingerprint density at radius 3 is 2.74 bits per heavy atom. The number of rotatable bonds is 4. The molecule has 8 heteroatoms. The minimum atomic E-state index is -0.782. The molecule has 0 fully saturated rings. The van der Waals surface area contributed by atoms with E-state index in [0.717, 1.165) is 17.4 Å². The molecule has 4 aromatic rings. The summed E-state index contributed by atoms with van der Waals surface area (Å²) in [4.78, 5) is 18.7. The van der Waals surface area contributed by atoms with Gasteiger partial charge in [-0.3, -0.25) is 9.69 Å². The Bertz CT molecular complexity index is 1130. The van der Waals surface area contributed by atoms with Gasteiger partial charge in [0.15, 0.2) is 10.9 Å². The summed E-state index contributed by atoms with van der Waals surface area (Å²) < 4.78 is 33.2. The summed E-state index contributed by atoms with van der Waals surface area (Å²) in [7, 11) is 0. The SMILES string of the molecule is O=C(c1ccccc1Cl)N(Cc1ccco1)c1nc2c(F)cc(F)cc2s1. The number of hydrogen-bond donors (Lipinski definition) is 0. The molecule has 2 aromatic heterocycles. The van der Waals surface area contributed by atoms with Gasteiger partial charge in [-0.15, -0.1) is 0 Å². The molecule has 0 spiro atoms. The highest BCUT2D eigenvalue weighted by molar-refractivity contribution is 7.22. The van der Waals surface area contributed by atoms with Crippen molar-refractivity contribution in [1.82, 2.24) is 4.98 Å². The van der Waals surface area contributed by atoms with E-state index < -0.39 is 17.5 Å². The summed E-state index contributed by atoms with van der Waals surface area (Å²) in [5.74, 6) is -1.39. The van der Waals surface area contributed by atoms with Crippen LogP contribution in [0.5, 0.6) is 0 Å². The van der Waals surface area contributed by atoms with Crippen LogP contribution < -0.4 is 4.90 Å². The van der Waals surface area contributed by atoms with Gasteiger partial charge in [0, 0.05) is 6.07 Å². The molecule has 0 atom stereocenters. The number of carbonyl (C=O) groups is 1. The molecule has 136 valence electrons. The van der Waals surface area contributed by atoms with Crippen LogP contribution in [0.3, 0.4) is 0 Å². The van der Waals surface area contributed by atoms with E-state index >= 15 is 0 Å². The fraction of sp³-hybridized carbons (Fsp3) is 0.0526. The monoisotopic (exact) mass is 404 g/mol. The van der Waals surface area contributed by atoms with E-state index in [1.807, 2.05) is 0 Å². The lowest BCUT2D eigenvalue weighted by Crippen LogP contribution is -2.30. The van der Waals surface area contributed by atoms with Crippen molar-refractivity contribution in [3.8, 4) is 0 Å². The average molecular weight is 405 g/mol. The van der Waals surface area contributed by atoms with E-state index in [-0.39, 0.29) is 27.8 Å². The Morgan fingerprint density at radius 1 is 1.19 bits per heavy atom. The van der Waals surface area contributed by atoms with Crippen molar-refractivity contribution in [1.29, 1.82) is 0 Å². The first-order valence-electron chi connectivity index (χ1n) is 7.87. The second-order valence-electron chi connectivity index (χ2n) is 5.68. The van der Waals surface area contributed by atoms with Crippen molar-refractivity contribution in [2.45, 2.75) is 6.54 Å². The van der Waals surface area contributed by atoms with Gasteiger partial charge < -0.3 is 4.42 Å². The molecule has 4 nitrogen and oxygen atoms in total. The van der Waals surface area contributed by atoms with E-state index in [1.54, 1.807) is 36.4 Å². The van der Waals surface area contributed by atoms with Crippen molar-refractivity contribution in [2.75, 3.05) is 4.90 Å². The lowest BCUT2D eigenvalue weighted by atomic mass is 10.2. The van der Waals surface area contributed by atoms with Gasteiger partial charge >= 0.3 is 0 Å². The predicted octanol–water partition coefficient (Wildman–Crippen LogP) is 5.67. The van der Waals surface area contributed by atoms with Crippen LogP contribution in [0.15, 0.2) is 59.2 Å². The van der Waals surface area contributed by atoms with Crippen LogP contribution in [0.2, 0.25) is 5.02 Å². The Labute approximate surface area is 161 Å². The molecule has 2 heterocycles. The fourth-order valence-corrected chi connectivity index (χ4v) is 3.84. The molecule has 0 N–H and O–H groups in total. The largest absolute Gasteiger partial charge is 0.467 e. The molecule has 0 saturated carbocycles. The fourth-order valence-electron chi connectivity index (χ4n) is 2.63. The van der Waals surface area contributed by atoms with Gasteiger partial charge in [0.1, 0.15) is 17.1 Å². The van der Waals surface area contributed by atoms with Gasteiger partial charge in [-0.1, -0.05) is 35.1 Å². The molecule has 0 radical (unpaired) electrons. The summed E-state index contributed by atoms with van der Waals surface area (Å²) in [6, 6.07) is 12.0. The molecule has 0 saturated heterocycles. The number of furan rings is 1. The third kappa shape index (κ3) is 3.43. The zero-order valence-electron chi connectivity index (χ0n) is 13.7. The second kappa shape index (κ2) is 7.09. The molecule has 1 amide bonds. The van der Waals surface area contributed by atoms with Crippen molar-refractivity contribution in [2.24, 2.45) is 0 Å². The minimum absolute atomic E-state index is 0.00723. The first kappa shape index (κ1) is 17.6. The Hall–Kier alpha value is -2.77. The molecule has 4 rings (SSSR count). The number of nitrogens with zero attached hydrogens (tertiary/aromatic N) is 2. The molecule has 27 heavy (non-hydrogen) atoms. The van der Waals surface area contributed by atoms with E-state index in [0.29, 0.717) is 10.5 Å². The van der Waals surface area contributed by atoms with Crippen molar-refractivity contribution in [3.63, 3.8) is 0 Å². The number of aromatic nitrogens is 1. The van der Waals surface area contributed by atoms with Crippen LogP contribution in [0.4, 0.5) is 13.9 Å². The molecule has 0 aliphatic carbocycles. The maximum atomic E-state index is 14.1. The number of carbonyl (C=O) groups excluding carboxylic acids is 1. The highest BCUT2D eigenvalue weighted by atomic mass is 35.5. The molecular weight excluding hydrogens is 394 g/mol. The molecule has 0 unspecified atom stereocenters. The van der Waals surface area contributed by atoms with Gasteiger partial charge in [-0.05, 0) is 30.3 Å². The van der Waals surface area contributed by atoms with Crippen LogP contribution in [0, 0.1) is 11.6 Å². The highest BCUT2D eigenvalue weighted by Crippen LogP contribution is 2.33. The summed E-state index contributed by atoms with van der Waals surface area (Å²) in [6.07, 6.45) is 1.49. The quantitative estimate of drug-likeness (QED) is 0.440. The van der Waals surface area contributed by atoms with Crippen molar-refractivity contribution < 1.29 is 18.0 Å². The lowest BCUT2D eigenvalue weighted by molar-refractivity contribution is 0.0983. The Balaban J connectivity index is 1.82. The lowest BCUT2D eigenvalue weighted by Gasteiger charge is -2.19. The van der Waals surface area contributed by atoms with Crippen LogP contribution >= 0.6 is 22.9 Å². The maximum Gasteiger partial charge on any atom is 0.262 e. The van der Waals surface area contributed by atoms with Crippen LogP contribution in [0.1, 0.15) is 16.1 Å². The van der Waals surface area contributed by atoms with E-state index in [2.05, 4.69) is 4.98 Å². The average Bonchev–Trinajstić information content (AvgIpc) is 3.29. The normalized spacial score (nSPS) is 11.1. The van der Waals surface area contributed by atoms with E-state index in [4.69, 9.17) is 16.0 Å². The second-order valence-corrected chi connectivity index (χ2v) is 7.10. The first-order valence-corrected chi connectivity index (χ1v) is 9.07. The number of halogens is 3. The minimum Gasteiger partial charge on any atom is -0.467 e. The molecule has 0 aliphatic heterocycles. The smallest absolute Gasteiger partial charge is 0.262 e. The van der Waals surface area contributed by atoms with Crippen molar-refractivity contribution >= 4 is 44.2 Å². The van der Waals surface area contributed by atoms with Gasteiger partial charge in [0.25, 0.3) is 5.91 Å². The van der Waals surface area contributed by atoms with Gasteiger partial charge in [-0.25, -0.2) is 13.8 Å². The van der Waals surface area contributed by atoms with Crippen molar-refractivity contribution in [3.05, 3.63) is 82.8 Å². The molecule has 2 aromatic carbocycles. The van der Waals surface area contributed by atoms with E-state index in [9.17, 15) is 13.6 Å². The van der Waals surface area contributed by atoms with E-state index in [1.165, 1.54) is 17.2 Å². The molecule has 0 bridgehead atoms. The number of amides is 1. The summed E-state index contributed by atoms with van der Waals surface area (Å²) >= 11 is 7.17. The standard InChI is InChI=1S/C19H11ClF2N2O2S/c20-14-6-2-1-5-13(14)18(25)24(10-12-4-3-7-26-12)19-23-17-15(22)8-11(21)9-16(17)27-19/h1-9H,10H2. The molecular formula is C19H11ClF2N2O2S. The third-order valence-electron chi connectivity index (χ3n) is 3.88. The predicted molar refractivity (Wildman–Crippen MR) is 100 cm³/mol. The zero-order valence-corrected chi connectivity index (χ0v) is 15.2. The maximum absolute atomic E-state index is 14.1. The van der Waals surface area contributed by atoms with Gasteiger partial charge in [-0.2, -0.15) is 0 Å². The van der Waals surface area contributed by atoms with Gasteiger partial charge in [0.2, 0.25) is 0 Å². The zero-order chi connectivity index (χ0) is 19.0.